The molecule has 0 amide bonds. The third-order valence-electron chi connectivity index (χ3n) is 3.30. The highest BCUT2D eigenvalue weighted by Gasteiger charge is 2.08. The molecule has 3 heteroatoms. The maximum atomic E-state index is 9.54. The van der Waals surface area contributed by atoms with E-state index in [1.54, 1.807) is 19.2 Å². The second-order valence-electron chi connectivity index (χ2n) is 4.56. The fourth-order valence-electron chi connectivity index (χ4n) is 2.41. The van der Waals surface area contributed by atoms with E-state index in [2.05, 4.69) is 17.6 Å². The van der Waals surface area contributed by atoms with E-state index in [0.717, 1.165) is 28.0 Å². The Bertz CT molecular complexity index is 726. The fraction of sp³-hybridized carbons (Fsp3) is 0.125. The van der Waals surface area contributed by atoms with Gasteiger partial charge in [-0.05, 0) is 55.5 Å². The van der Waals surface area contributed by atoms with Crippen LogP contribution in [0, 0.1) is 6.92 Å². The van der Waals surface area contributed by atoms with Crippen LogP contribution in [0.5, 0.6) is 11.5 Å². The lowest BCUT2D eigenvalue weighted by atomic mass is 10.2. The van der Waals surface area contributed by atoms with Crippen LogP contribution in [-0.2, 0) is 0 Å². The lowest BCUT2D eigenvalue weighted by Gasteiger charge is -2.09. The number of aromatic hydroxyl groups is 1. The van der Waals surface area contributed by atoms with Crippen LogP contribution in [0.4, 0.5) is 0 Å². The van der Waals surface area contributed by atoms with Crippen molar-refractivity contribution in [2.24, 2.45) is 0 Å². The Hall–Kier alpha value is -2.42. The number of phenols is 1. The number of benzene rings is 2. The molecule has 0 aliphatic carbocycles. The summed E-state index contributed by atoms with van der Waals surface area (Å²) in [5.41, 5.74) is 3.30. The van der Waals surface area contributed by atoms with Gasteiger partial charge in [-0.2, -0.15) is 0 Å². The van der Waals surface area contributed by atoms with E-state index in [9.17, 15) is 5.11 Å². The van der Waals surface area contributed by atoms with Gasteiger partial charge < -0.3 is 14.4 Å². The molecule has 3 nitrogen and oxygen atoms in total. The molecule has 2 aromatic carbocycles. The second-order valence-corrected chi connectivity index (χ2v) is 4.56. The minimum atomic E-state index is 0.291. The Morgan fingerprint density at radius 1 is 1.00 bits per heavy atom. The fourth-order valence-corrected chi connectivity index (χ4v) is 2.41. The smallest absolute Gasteiger partial charge is 0.119 e. The summed E-state index contributed by atoms with van der Waals surface area (Å²) in [5.74, 6) is 1.13. The Balaban J connectivity index is 2.20. The maximum absolute atomic E-state index is 9.54. The van der Waals surface area contributed by atoms with Gasteiger partial charge in [0, 0.05) is 16.8 Å². The third-order valence-corrected chi connectivity index (χ3v) is 3.30. The number of phenolic OH excluding ortho intramolecular Hbond substituents is 1. The highest BCUT2D eigenvalue weighted by Crippen LogP contribution is 2.27. The van der Waals surface area contributed by atoms with Crippen LogP contribution < -0.4 is 4.74 Å². The number of aromatic nitrogens is 1. The molecule has 1 N–H and O–H groups in total. The van der Waals surface area contributed by atoms with Crippen LogP contribution in [0.15, 0.2) is 48.5 Å². The first-order valence-electron chi connectivity index (χ1n) is 6.14. The average Bonchev–Trinajstić information content (AvgIpc) is 2.74. The SMILES string of the molecule is COc1ccc(-n2c(C)cc3cc(O)ccc32)cc1. The molecule has 1 aromatic heterocycles. The van der Waals surface area contributed by atoms with E-state index < -0.39 is 0 Å². The van der Waals surface area contributed by atoms with Crippen LogP contribution in [0.2, 0.25) is 0 Å². The van der Waals surface area contributed by atoms with Crippen LogP contribution in [0.1, 0.15) is 5.69 Å². The lowest BCUT2D eigenvalue weighted by molar-refractivity contribution is 0.415. The van der Waals surface area contributed by atoms with Crippen LogP contribution in [0.25, 0.3) is 16.6 Å². The van der Waals surface area contributed by atoms with Crippen LogP contribution in [0.3, 0.4) is 0 Å². The lowest BCUT2D eigenvalue weighted by Crippen LogP contribution is -1.95. The number of ether oxygens (including phenoxy) is 1. The maximum Gasteiger partial charge on any atom is 0.119 e. The van der Waals surface area contributed by atoms with Crippen LogP contribution >= 0.6 is 0 Å². The molecule has 0 radical (unpaired) electrons. The molecule has 3 aromatic rings. The van der Waals surface area contributed by atoms with Gasteiger partial charge in [0.2, 0.25) is 0 Å². The van der Waals surface area contributed by atoms with E-state index in [-0.39, 0.29) is 0 Å². The Labute approximate surface area is 111 Å². The summed E-state index contributed by atoms with van der Waals surface area (Å²) in [6.07, 6.45) is 0. The first-order chi connectivity index (χ1) is 9.19. The van der Waals surface area contributed by atoms with Crippen molar-refractivity contribution in [3.63, 3.8) is 0 Å². The molecule has 19 heavy (non-hydrogen) atoms. The molecule has 0 saturated carbocycles. The Morgan fingerprint density at radius 3 is 2.42 bits per heavy atom. The highest BCUT2D eigenvalue weighted by atomic mass is 16.5. The summed E-state index contributed by atoms with van der Waals surface area (Å²) in [6, 6.07) is 15.4. The minimum absolute atomic E-state index is 0.291. The molecule has 0 unspecified atom stereocenters. The summed E-state index contributed by atoms with van der Waals surface area (Å²) < 4.78 is 7.34. The quantitative estimate of drug-likeness (QED) is 0.756. The van der Waals surface area contributed by atoms with Gasteiger partial charge in [0.25, 0.3) is 0 Å². The van der Waals surface area contributed by atoms with Crippen molar-refractivity contribution in [3.8, 4) is 17.2 Å². The number of methoxy groups -OCH3 is 1. The van der Waals surface area contributed by atoms with Crippen LogP contribution in [-0.4, -0.2) is 16.8 Å². The van der Waals surface area contributed by atoms with Crippen molar-refractivity contribution >= 4 is 10.9 Å². The largest absolute Gasteiger partial charge is 0.508 e. The van der Waals surface area contributed by atoms with E-state index in [0.29, 0.717) is 5.75 Å². The van der Waals surface area contributed by atoms with E-state index in [4.69, 9.17) is 4.74 Å². The Kier molecular flexibility index (Phi) is 2.67. The zero-order chi connectivity index (χ0) is 13.4. The molecule has 0 fully saturated rings. The van der Waals surface area contributed by atoms with Crippen molar-refractivity contribution in [2.75, 3.05) is 7.11 Å². The number of fused-ring (bicyclic) bond motifs is 1. The molecule has 96 valence electrons. The average molecular weight is 253 g/mol. The Morgan fingerprint density at radius 2 is 1.74 bits per heavy atom. The predicted molar refractivity (Wildman–Crippen MR) is 76.2 cm³/mol. The van der Waals surface area contributed by atoms with Gasteiger partial charge in [-0.3, -0.25) is 0 Å². The first kappa shape index (κ1) is 11.7. The molecule has 3 rings (SSSR count). The standard InChI is InChI=1S/C16H15NO2/c1-11-9-12-10-14(18)5-8-16(12)17(11)13-3-6-15(19-2)7-4-13/h3-10,18H,1-2H3. The van der Waals surface area contributed by atoms with Gasteiger partial charge in [0.05, 0.1) is 12.6 Å². The van der Waals surface area contributed by atoms with Gasteiger partial charge in [0.15, 0.2) is 0 Å². The van der Waals surface area contributed by atoms with E-state index >= 15 is 0 Å². The summed E-state index contributed by atoms with van der Waals surface area (Å²) in [5, 5.41) is 10.6. The summed E-state index contributed by atoms with van der Waals surface area (Å²) in [6.45, 7) is 2.06. The topological polar surface area (TPSA) is 34.4 Å². The van der Waals surface area contributed by atoms with Gasteiger partial charge in [0.1, 0.15) is 11.5 Å². The van der Waals surface area contributed by atoms with Crippen molar-refractivity contribution in [2.45, 2.75) is 6.92 Å². The second kappa shape index (κ2) is 4.35. The summed E-state index contributed by atoms with van der Waals surface area (Å²) >= 11 is 0. The van der Waals surface area contributed by atoms with Crippen molar-refractivity contribution < 1.29 is 9.84 Å². The highest BCUT2D eigenvalue weighted by molar-refractivity contribution is 5.84. The number of aryl methyl sites for hydroxylation is 1. The van der Waals surface area contributed by atoms with Gasteiger partial charge >= 0.3 is 0 Å². The molecule has 1 heterocycles. The first-order valence-corrected chi connectivity index (χ1v) is 6.14. The van der Waals surface area contributed by atoms with Gasteiger partial charge in [-0.15, -0.1) is 0 Å². The zero-order valence-electron chi connectivity index (χ0n) is 10.9. The van der Waals surface area contributed by atoms with Crippen molar-refractivity contribution in [1.29, 1.82) is 0 Å². The number of hydrogen-bond acceptors (Lipinski definition) is 2. The third kappa shape index (κ3) is 1.93. The minimum Gasteiger partial charge on any atom is -0.508 e. The molecule has 0 aliphatic rings. The predicted octanol–water partition coefficient (Wildman–Crippen LogP) is 3.65. The molecule has 0 aliphatic heterocycles. The molecular formula is C16H15NO2. The van der Waals surface area contributed by atoms with Crippen molar-refractivity contribution in [3.05, 3.63) is 54.2 Å². The molecule has 0 bridgehead atoms. The molecule has 0 spiro atoms. The summed E-state index contributed by atoms with van der Waals surface area (Å²) in [7, 11) is 1.66. The van der Waals surface area contributed by atoms with Crippen molar-refractivity contribution in [1.82, 2.24) is 4.57 Å². The zero-order valence-corrected chi connectivity index (χ0v) is 10.9. The molecule has 0 saturated heterocycles. The van der Waals surface area contributed by atoms with Gasteiger partial charge in [-0.1, -0.05) is 0 Å². The molecule has 0 atom stereocenters. The monoisotopic (exact) mass is 253 g/mol. The normalized spacial score (nSPS) is 10.8. The van der Waals surface area contributed by atoms with E-state index in [1.807, 2.05) is 30.3 Å². The number of nitrogens with zero attached hydrogens (tertiary/aromatic N) is 1. The van der Waals surface area contributed by atoms with Gasteiger partial charge in [-0.25, -0.2) is 0 Å². The number of rotatable bonds is 2. The van der Waals surface area contributed by atoms with E-state index in [1.165, 1.54) is 0 Å². The molecular weight excluding hydrogens is 238 g/mol. The number of hydrogen-bond donors (Lipinski definition) is 1. The summed E-state index contributed by atoms with van der Waals surface area (Å²) in [4.78, 5) is 0.